The van der Waals surface area contributed by atoms with Gasteiger partial charge in [0.1, 0.15) is 24.8 Å². The largest absolute Gasteiger partial charge is 0.486 e. The summed E-state index contributed by atoms with van der Waals surface area (Å²) in [5.41, 5.74) is 7.06. The number of nitrogens with zero attached hydrogens (tertiary/aromatic N) is 3. The van der Waals surface area contributed by atoms with Gasteiger partial charge in [0, 0.05) is 24.1 Å². The molecule has 0 saturated heterocycles. The van der Waals surface area contributed by atoms with Crippen LogP contribution in [0.1, 0.15) is 22.7 Å². The quantitative estimate of drug-likeness (QED) is 0.380. The molecule has 0 spiro atoms. The first kappa shape index (κ1) is 24.2. The van der Waals surface area contributed by atoms with Crippen LogP contribution in [0.25, 0.3) is 11.8 Å². The monoisotopic (exact) mass is 541 g/mol. The molecule has 0 amide bonds. The highest BCUT2D eigenvalue weighted by Gasteiger charge is 2.41. The average Bonchev–Trinajstić information content (AvgIpc) is 3.37. The van der Waals surface area contributed by atoms with Crippen LogP contribution in [-0.4, -0.2) is 48.3 Å². The number of aliphatic imine (C=N–C) groups is 1. The van der Waals surface area contributed by atoms with Crippen LogP contribution in [0, 0.1) is 11.6 Å². The van der Waals surface area contributed by atoms with E-state index in [9.17, 15) is 8.78 Å². The summed E-state index contributed by atoms with van der Waals surface area (Å²) in [5.74, 6) is 0.942. The van der Waals surface area contributed by atoms with E-state index in [1.165, 1.54) is 24.3 Å². The molecule has 3 aromatic carbocycles. The van der Waals surface area contributed by atoms with E-state index in [4.69, 9.17) is 14.5 Å². The third-order valence-electron chi connectivity index (χ3n) is 7.26. The maximum atomic E-state index is 14.0. The highest BCUT2D eigenvalue weighted by Crippen LogP contribution is 2.49. The Labute approximate surface area is 229 Å². The molecule has 3 aromatic rings. The van der Waals surface area contributed by atoms with Crippen molar-refractivity contribution < 1.29 is 18.3 Å². The Kier molecular flexibility index (Phi) is 6.01. The summed E-state index contributed by atoms with van der Waals surface area (Å²) in [6.45, 7) is 2.49. The molecular weight excluding hydrogens is 516 g/mol. The maximum absolute atomic E-state index is 14.0. The van der Waals surface area contributed by atoms with Gasteiger partial charge in [-0.1, -0.05) is 36.0 Å². The number of amidine groups is 1. The first-order valence-electron chi connectivity index (χ1n) is 12.8. The summed E-state index contributed by atoms with van der Waals surface area (Å²) in [7, 11) is 2.08. The summed E-state index contributed by atoms with van der Waals surface area (Å²) >= 11 is 1.58. The summed E-state index contributed by atoms with van der Waals surface area (Å²) in [4.78, 5) is 9.68. The molecule has 0 aliphatic carbocycles. The lowest BCUT2D eigenvalue weighted by Gasteiger charge is -2.42. The van der Waals surface area contributed by atoms with Gasteiger partial charge in [-0.2, -0.15) is 0 Å². The number of thioether (sulfide) groups is 1. The number of ether oxygens (including phenoxy) is 2. The second-order valence-electron chi connectivity index (χ2n) is 9.97. The molecule has 1 unspecified atom stereocenters. The summed E-state index contributed by atoms with van der Waals surface area (Å²) in [6, 6.07) is 19.1. The van der Waals surface area contributed by atoms with Gasteiger partial charge in [0.15, 0.2) is 16.7 Å². The first-order chi connectivity index (χ1) is 19.0. The normalized spacial score (nSPS) is 21.5. The minimum atomic E-state index is -0.270. The Morgan fingerprint density at radius 1 is 0.897 bits per heavy atom. The predicted octanol–water partition coefficient (Wildman–Crippen LogP) is 6.48. The lowest BCUT2D eigenvalue weighted by molar-refractivity contribution is 0.171. The topological polar surface area (TPSA) is 37.3 Å². The number of halogens is 2. The van der Waals surface area contributed by atoms with Crippen LogP contribution < -0.4 is 9.47 Å². The molecule has 0 aromatic heterocycles. The van der Waals surface area contributed by atoms with Crippen molar-refractivity contribution in [1.29, 1.82) is 0 Å². The Bertz CT molecular complexity index is 1580. The molecule has 4 heterocycles. The molecule has 39 heavy (non-hydrogen) atoms. The van der Waals surface area contributed by atoms with Crippen molar-refractivity contribution in [2.45, 2.75) is 6.04 Å². The lowest BCUT2D eigenvalue weighted by Crippen LogP contribution is -2.40. The minimum absolute atomic E-state index is 0.179. The Balaban J connectivity index is 1.36. The van der Waals surface area contributed by atoms with Gasteiger partial charge in [0.2, 0.25) is 0 Å². The molecule has 4 aliphatic rings. The number of likely N-dealkylation sites (N-methyl/N-ethyl adjacent to an activating group) is 1. The van der Waals surface area contributed by atoms with E-state index in [0.717, 1.165) is 62.4 Å². The molecule has 0 fully saturated rings. The van der Waals surface area contributed by atoms with Crippen molar-refractivity contribution >= 4 is 28.7 Å². The van der Waals surface area contributed by atoms with Gasteiger partial charge in [-0.3, -0.25) is 4.90 Å². The highest BCUT2D eigenvalue weighted by molar-refractivity contribution is 8.16. The van der Waals surface area contributed by atoms with Crippen LogP contribution in [0.2, 0.25) is 0 Å². The van der Waals surface area contributed by atoms with Crippen molar-refractivity contribution in [3.8, 4) is 11.5 Å². The first-order valence-corrected chi connectivity index (χ1v) is 13.7. The van der Waals surface area contributed by atoms with E-state index in [1.54, 1.807) is 23.9 Å². The minimum Gasteiger partial charge on any atom is -0.486 e. The number of hydrogen-bond donors (Lipinski definition) is 0. The SMILES string of the molecule is CN1CC2=C(N=C3SC=C(c4ccc5c(c4)OCCO5)N3C2c2ccc(F)cc2)/C(=C/c2ccc(F)cc2)C1. The van der Waals surface area contributed by atoms with Gasteiger partial charge in [-0.05, 0) is 77.9 Å². The molecule has 0 N–H and O–H groups in total. The van der Waals surface area contributed by atoms with Crippen LogP contribution in [-0.2, 0) is 0 Å². The van der Waals surface area contributed by atoms with Gasteiger partial charge in [-0.25, -0.2) is 13.8 Å². The number of hydrogen-bond acceptors (Lipinski definition) is 6. The van der Waals surface area contributed by atoms with Crippen LogP contribution in [0.4, 0.5) is 8.78 Å². The molecular formula is C31H25F2N3O2S. The average molecular weight is 542 g/mol. The van der Waals surface area contributed by atoms with E-state index in [-0.39, 0.29) is 17.7 Å². The summed E-state index contributed by atoms with van der Waals surface area (Å²) in [5, 5.41) is 2.98. The highest BCUT2D eigenvalue weighted by atomic mass is 32.2. The second-order valence-corrected chi connectivity index (χ2v) is 10.8. The Hall–Kier alpha value is -3.88. The zero-order valence-electron chi connectivity index (χ0n) is 21.2. The van der Waals surface area contributed by atoms with Gasteiger partial charge in [0.05, 0.1) is 17.4 Å². The summed E-state index contributed by atoms with van der Waals surface area (Å²) < 4.78 is 39.2. The Morgan fingerprint density at radius 3 is 2.38 bits per heavy atom. The van der Waals surface area contributed by atoms with Crippen molar-refractivity contribution in [3.63, 3.8) is 0 Å². The van der Waals surface area contributed by atoms with Crippen molar-refractivity contribution in [3.05, 3.63) is 117 Å². The molecule has 8 heteroatoms. The molecule has 1 atom stereocenters. The molecule has 5 nitrogen and oxygen atoms in total. The zero-order chi connectivity index (χ0) is 26.5. The van der Waals surface area contributed by atoms with E-state index < -0.39 is 0 Å². The zero-order valence-corrected chi connectivity index (χ0v) is 22.1. The molecule has 196 valence electrons. The second kappa shape index (κ2) is 9.70. The van der Waals surface area contributed by atoms with Gasteiger partial charge in [-0.15, -0.1) is 0 Å². The van der Waals surface area contributed by atoms with E-state index in [2.05, 4.69) is 28.3 Å². The van der Waals surface area contributed by atoms with Crippen LogP contribution in [0.5, 0.6) is 11.5 Å². The van der Waals surface area contributed by atoms with Gasteiger partial charge >= 0.3 is 0 Å². The van der Waals surface area contributed by atoms with E-state index in [1.807, 2.05) is 30.3 Å². The third-order valence-corrected chi connectivity index (χ3v) is 8.10. The molecule has 0 radical (unpaired) electrons. The van der Waals surface area contributed by atoms with Crippen molar-refractivity contribution in [2.75, 3.05) is 33.4 Å². The van der Waals surface area contributed by atoms with Crippen LogP contribution in [0.3, 0.4) is 0 Å². The molecule has 0 saturated carbocycles. The third kappa shape index (κ3) is 4.43. The fraction of sp³-hybridized carbons (Fsp3) is 0.194. The van der Waals surface area contributed by atoms with E-state index in [0.29, 0.717) is 19.8 Å². The fourth-order valence-electron chi connectivity index (χ4n) is 5.54. The number of fused-ring (bicyclic) bond motifs is 2. The van der Waals surface area contributed by atoms with Crippen molar-refractivity contribution in [2.24, 2.45) is 4.99 Å². The van der Waals surface area contributed by atoms with Gasteiger partial charge < -0.3 is 14.4 Å². The van der Waals surface area contributed by atoms with Crippen molar-refractivity contribution in [1.82, 2.24) is 9.80 Å². The summed E-state index contributed by atoms with van der Waals surface area (Å²) in [6.07, 6.45) is 2.08. The lowest BCUT2D eigenvalue weighted by atomic mass is 9.88. The number of benzene rings is 3. The molecule has 7 rings (SSSR count). The molecule has 4 aliphatic heterocycles. The Morgan fingerprint density at radius 2 is 1.62 bits per heavy atom. The fourth-order valence-corrected chi connectivity index (χ4v) is 6.47. The molecule has 0 bridgehead atoms. The predicted molar refractivity (Wildman–Crippen MR) is 150 cm³/mol. The number of rotatable bonds is 3. The maximum Gasteiger partial charge on any atom is 0.174 e. The van der Waals surface area contributed by atoms with Crippen LogP contribution >= 0.6 is 11.8 Å². The smallest absolute Gasteiger partial charge is 0.174 e. The standard InChI is InChI=1S/C31H25F2N3O2S/c1-35-16-22(14-19-2-7-23(32)8-3-19)29-25(17-35)30(20-4-9-24(33)10-5-20)36-26(18-39-31(36)34-29)21-6-11-27-28(15-21)38-13-12-37-27/h2-11,14-15,18,30H,12-13,16-17H2,1H3/b22-14+. The van der Waals surface area contributed by atoms with Crippen LogP contribution in [0.15, 0.2) is 94.0 Å². The van der Waals surface area contributed by atoms with E-state index >= 15 is 0 Å². The van der Waals surface area contributed by atoms with Gasteiger partial charge in [0.25, 0.3) is 0 Å².